The van der Waals surface area contributed by atoms with Gasteiger partial charge in [-0.25, -0.2) is 0 Å². The van der Waals surface area contributed by atoms with Crippen molar-refractivity contribution >= 4 is 11.8 Å². The molecule has 0 saturated carbocycles. The van der Waals surface area contributed by atoms with Crippen molar-refractivity contribution in [3.8, 4) is 5.75 Å². The summed E-state index contributed by atoms with van der Waals surface area (Å²) in [5.74, 6) is 0.854. The molecule has 3 rings (SSSR count). The first kappa shape index (κ1) is 16.8. The third-order valence-corrected chi connectivity index (χ3v) is 4.69. The molecule has 2 heterocycles. The summed E-state index contributed by atoms with van der Waals surface area (Å²) in [7, 11) is 0. The number of benzene rings is 1. The number of amides is 2. The minimum absolute atomic E-state index is 0.0262. The SMILES string of the molecule is Cc1ccc(OCC(=O)N2CCN(C(=O)C3CCCN3)CC2)cc1. The van der Waals surface area contributed by atoms with E-state index in [9.17, 15) is 9.59 Å². The highest BCUT2D eigenvalue weighted by atomic mass is 16.5. The molecule has 0 radical (unpaired) electrons. The van der Waals surface area contributed by atoms with Gasteiger partial charge in [0.15, 0.2) is 6.61 Å². The van der Waals surface area contributed by atoms with Gasteiger partial charge >= 0.3 is 0 Å². The smallest absolute Gasteiger partial charge is 0.260 e. The molecule has 1 aromatic rings. The van der Waals surface area contributed by atoms with Crippen LogP contribution in [0.3, 0.4) is 0 Å². The Balaban J connectivity index is 1.43. The predicted octanol–water partition coefficient (Wildman–Crippen LogP) is 0.797. The number of rotatable bonds is 4. The van der Waals surface area contributed by atoms with Crippen LogP contribution in [-0.4, -0.2) is 67.0 Å². The summed E-state index contributed by atoms with van der Waals surface area (Å²) >= 11 is 0. The first-order valence-corrected chi connectivity index (χ1v) is 8.63. The minimum Gasteiger partial charge on any atom is -0.484 e. The van der Waals surface area contributed by atoms with Crippen LogP contribution in [0.1, 0.15) is 18.4 Å². The Bertz CT molecular complexity index is 574. The number of piperazine rings is 1. The molecule has 1 atom stereocenters. The second-order valence-electron chi connectivity index (χ2n) is 6.46. The van der Waals surface area contributed by atoms with Crippen molar-refractivity contribution in [1.82, 2.24) is 15.1 Å². The third-order valence-electron chi connectivity index (χ3n) is 4.69. The fourth-order valence-corrected chi connectivity index (χ4v) is 3.16. The Morgan fingerprint density at radius 1 is 1.12 bits per heavy atom. The topological polar surface area (TPSA) is 61.9 Å². The maximum absolute atomic E-state index is 12.4. The Kier molecular flexibility index (Phi) is 5.35. The number of carbonyl (C=O) groups is 2. The predicted molar refractivity (Wildman–Crippen MR) is 90.9 cm³/mol. The molecule has 2 aliphatic rings. The minimum atomic E-state index is -0.0304. The normalized spacial score (nSPS) is 21.0. The summed E-state index contributed by atoms with van der Waals surface area (Å²) in [5, 5.41) is 3.24. The quantitative estimate of drug-likeness (QED) is 0.886. The van der Waals surface area contributed by atoms with E-state index in [0.717, 1.165) is 24.9 Å². The summed E-state index contributed by atoms with van der Waals surface area (Å²) in [6.07, 6.45) is 1.98. The maximum atomic E-state index is 12.4. The van der Waals surface area contributed by atoms with Gasteiger partial charge in [0.2, 0.25) is 5.91 Å². The molecule has 1 N–H and O–H groups in total. The van der Waals surface area contributed by atoms with Gasteiger partial charge in [-0.1, -0.05) is 17.7 Å². The van der Waals surface area contributed by atoms with Gasteiger partial charge < -0.3 is 19.9 Å². The van der Waals surface area contributed by atoms with Crippen LogP contribution < -0.4 is 10.1 Å². The number of nitrogens with zero attached hydrogens (tertiary/aromatic N) is 2. The van der Waals surface area contributed by atoms with Crippen molar-refractivity contribution in [2.45, 2.75) is 25.8 Å². The lowest BCUT2D eigenvalue weighted by Crippen LogP contribution is -2.54. The zero-order valence-corrected chi connectivity index (χ0v) is 14.2. The average molecular weight is 331 g/mol. The van der Waals surface area contributed by atoms with E-state index in [1.165, 1.54) is 0 Å². The first-order valence-electron chi connectivity index (χ1n) is 8.63. The number of hydrogen-bond donors (Lipinski definition) is 1. The van der Waals surface area contributed by atoms with Gasteiger partial charge in [0, 0.05) is 26.2 Å². The Labute approximate surface area is 142 Å². The van der Waals surface area contributed by atoms with Crippen LogP contribution in [0.2, 0.25) is 0 Å². The molecule has 1 aromatic carbocycles. The molecular weight excluding hydrogens is 306 g/mol. The number of nitrogens with one attached hydrogen (secondary N) is 1. The van der Waals surface area contributed by atoms with E-state index in [2.05, 4.69) is 5.32 Å². The van der Waals surface area contributed by atoms with E-state index < -0.39 is 0 Å². The van der Waals surface area contributed by atoms with Crippen LogP contribution >= 0.6 is 0 Å². The summed E-state index contributed by atoms with van der Waals surface area (Å²) in [5.41, 5.74) is 1.16. The molecule has 24 heavy (non-hydrogen) atoms. The van der Waals surface area contributed by atoms with Crippen molar-refractivity contribution in [3.05, 3.63) is 29.8 Å². The van der Waals surface area contributed by atoms with Crippen LogP contribution in [0, 0.1) is 6.92 Å². The summed E-state index contributed by atoms with van der Waals surface area (Å²) in [6, 6.07) is 7.63. The molecule has 0 aromatic heterocycles. The average Bonchev–Trinajstić information content (AvgIpc) is 3.15. The van der Waals surface area contributed by atoms with Gasteiger partial charge in [-0.05, 0) is 38.4 Å². The van der Waals surface area contributed by atoms with Gasteiger partial charge in [-0.15, -0.1) is 0 Å². The molecular formula is C18H25N3O3. The second kappa shape index (κ2) is 7.66. The molecule has 2 aliphatic heterocycles. The monoisotopic (exact) mass is 331 g/mol. The third kappa shape index (κ3) is 4.06. The van der Waals surface area contributed by atoms with Gasteiger partial charge in [0.05, 0.1) is 6.04 Å². The molecule has 6 nitrogen and oxygen atoms in total. The molecule has 2 fully saturated rings. The molecule has 0 bridgehead atoms. The fourth-order valence-electron chi connectivity index (χ4n) is 3.16. The van der Waals surface area contributed by atoms with Crippen molar-refractivity contribution in [1.29, 1.82) is 0 Å². The van der Waals surface area contributed by atoms with Crippen molar-refractivity contribution in [2.24, 2.45) is 0 Å². The number of carbonyl (C=O) groups excluding carboxylic acids is 2. The van der Waals surface area contributed by atoms with E-state index in [-0.39, 0.29) is 24.5 Å². The molecule has 2 saturated heterocycles. The standard InChI is InChI=1S/C18H25N3O3/c1-14-4-6-15(7-5-14)24-13-17(22)20-9-11-21(12-10-20)18(23)16-3-2-8-19-16/h4-7,16,19H,2-3,8-13H2,1H3. The van der Waals surface area contributed by atoms with Crippen molar-refractivity contribution in [3.63, 3.8) is 0 Å². The lowest BCUT2D eigenvalue weighted by molar-refractivity contribution is -0.141. The molecule has 130 valence electrons. The van der Waals surface area contributed by atoms with E-state index in [0.29, 0.717) is 31.9 Å². The highest BCUT2D eigenvalue weighted by Crippen LogP contribution is 2.13. The number of aryl methyl sites for hydroxylation is 1. The fraction of sp³-hybridized carbons (Fsp3) is 0.556. The summed E-state index contributed by atoms with van der Waals surface area (Å²) in [4.78, 5) is 28.3. The van der Waals surface area contributed by atoms with E-state index >= 15 is 0 Å². The summed E-state index contributed by atoms with van der Waals surface area (Å²) in [6.45, 7) is 5.34. The highest BCUT2D eigenvalue weighted by Gasteiger charge is 2.30. The van der Waals surface area contributed by atoms with Crippen LogP contribution in [-0.2, 0) is 9.59 Å². The first-order chi connectivity index (χ1) is 11.6. The zero-order chi connectivity index (χ0) is 16.9. The highest BCUT2D eigenvalue weighted by molar-refractivity contribution is 5.83. The second-order valence-corrected chi connectivity index (χ2v) is 6.46. The lowest BCUT2D eigenvalue weighted by Gasteiger charge is -2.35. The van der Waals surface area contributed by atoms with Gasteiger partial charge in [-0.2, -0.15) is 0 Å². The molecule has 1 unspecified atom stereocenters. The zero-order valence-electron chi connectivity index (χ0n) is 14.2. The van der Waals surface area contributed by atoms with E-state index in [1.807, 2.05) is 36.1 Å². The van der Waals surface area contributed by atoms with E-state index in [4.69, 9.17) is 4.74 Å². The van der Waals surface area contributed by atoms with Gasteiger partial charge in [0.1, 0.15) is 5.75 Å². The Hall–Kier alpha value is -2.08. The van der Waals surface area contributed by atoms with E-state index in [1.54, 1.807) is 4.90 Å². The van der Waals surface area contributed by atoms with Crippen LogP contribution in [0.25, 0.3) is 0 Å². The van der Waals surface area contributed by atoms with Crippen LogP contribution in [0.4, 0.5) is 0 Å². The molecule has 0 spiro atoms. The van der Waals surface area contributed by atoms with Gasteiger partial charge in [-0.3, -0.25) is 9.59 Å². The number of ether oxygens (including phenoxy) is 1. The Morgan fingerprint density at radius 3 is 2.42 bits per heavy atom. The number of hydrogen-bond acceptors (Lipinski definition) is 4. The molecule has 0 aliphatic carbocycles. The summed E-state index contributed by atoms with van der Waals surface area (Å²) < 4.78 is 5.55. The maximum Gasteiger partial charge on any atom is 0.260 e. The van der Waals surface area contributed by atoms with Crippen LogP contribution in [0.15, 0.2) is 24.3 Å². The molecule has 2 amide bonds. The van der Waals surface area contributed by atoms with Crippen molar-refractivity contribution < 1.29 is 14.3 Å². The van der Waals surface area contributed by atoms with Gasteiger partial charge in [0.25, 0.3) is 5.91 Å². The largest absolute Gasteiger partial charge is 0.484 e. The van der Waals surface area contributed by atoms with Crippen molar-refractivity contribution in [2.75, 3.05) is 39.3 Å². The van der Waals surface area contributed by atoms with Crippen LogP contribution in [0.5, 0.6) is 5.75 Å². The molecule has 6 heteroatoms. The Morgan fingerprint density at radius 2 is 1.79 bits per heavy atom. The lowest BCUT2D eigenvalue weighted by atomic mass is 10.2.